The highest BCUT2D eigenvalue weighted by atomic mass is 79.9. The topological polar surface area (TPSA) is 18.5 Å². The lowest BCUT2D eigenvalue weighted by Gasteiger charge is -2.41. The zero-order chi connectivity index (χ0) is 16.3. The first-order valence-corrected chi connectivity index (χ1v) is 8.99. The fourth-order valence-electron chi connectivity index (χ4n) is 3.68. The van der Waals surface area contributed by atoms with Crippen LogP contribution in [0.1, 0.15) is 11.5 Å². The van der Waals surface area contributed by atoms with Gasteiger partial charge in [0.05, 0.1) is 14.9 Å². The summed E-state index contributed by atoms with van der Waals surface area (Å²) in [4.78, 5) is -2.78. The first-order chi connectivity index (χ1) is 10.3. The molecule has 0 aromatic heterocycles. The number of methoxy groups -OCH3 is 2. The molecule has 7 heteroatoms. The minimum absolute atomic E-state index is 0.253. The second-order valence-electron chi connectivity index (χ2n) is 5.37. The summed E-state index contributed by atoms with van der Waals surface area (Å²) in [5.74, 6) is -1.66. The van der Waals surface area contributed by atoms with Crippen LogP contribution < -0.4 is 0 Å². The van der Waals surface area contributed by atoms with Gasteiger partial charge in [-0.2, -0.15) is 0 Å². The first-order valence-electron chi connectivity index (χ1n) is 6.56. The molecule has 4 atom stereocenters. The van der Waals surface area contributed by atoms with Gasteiger partial charge in [0, 0.05) is 20.1 Å². The molecule has 3 rings (SSSR count). The molecule has 2 bridgehead atoms. The number of fused-ring (bicyclic) bond motifs is 2. The maximum absolute atomic E-state index is 7.01. The Hall–Kier alpha value is 0.520. The average Bonchev–Trinajstić information content (AvgIpc) is 2.77. The number of hydrogen-bond acceptors (Lipinski definition) is 2. The molecule has 0 N–H and O–H groups in total. The van der Waals surface area contributed by atoms with Crippen LogP contribution in [-0.2, 0) is 9.47 Å². The molecule has 0 heterocycles. The lowest BCUT2D eigenvalue weighted by molar-refractivity contribution is -0.217. The maximum atomic E-state index is 7.01. The Morgan fingerprint density at radius 3 is 1.91 bits per heavy atom. The molecular weight excluding hydrogens is 434 g/mol. The first kappa shape index (κ1) is 17.3. The fourth-order valence-corrected chi connectivity index (χ4v) is 7.30. The molecule has 120 valence electrons. The van der Waals surface area contributed by atoms with Crippen molar-refractivity contribution in [3.63, 3.8) is 0 Å². The summed E-state index contributed by atoms with van der Waals surface area (Å²) < 4.78 is 11.4. The molecule has 0 aliphatic heterocycles. The van der Waals surface area contributed by atoms with Crippen molar-refractivity contribution in [1.29, 1.82) is 0 Å². The molecule has 0 spiro atoms. The molecule has 0 saturated heterocycles. The predicted octanol–water partition coefficient (Wildman–Crippen LogP) is 5.19. The summed E-state index contributed by atoms with van der Waals surface area (Å²) in [5, 5.41) is 0.516. The summed E-state index contributed by atoms with van der Waals surface area (Å²) >= 11 is 30.5. The Morgan fingerprint density at radius 1 is 0.955 bits per heavy atom. The number of halogens is 5. The van der Waals surface area contributed by atoms with Gasteiger partial charge in [0.1, 0.15) is 4.87 Å². The standard InChI is InChI=1S/C15H13BrCl4O2/c1-21-15(22-2)13(19)9(8-6-4-3-5-7-8)10(16)14(15,20)12(18)11(13)17/h3-7,9-10H,1-2H3/t9-,10-,13-,14-/m0/s1. The maximum Gasteiger partial charge on any atom is 0.219 e. The van der Waals surface area contributed by atoms with Crippen molar-refractivity contribution in [2.45, 2.75) is 26.3 Å². The van der Waals surface area contributed by atoms with Crippen LogP contribution in [0.5, 0.6) is 0 Å². The van der Waals surface area contributed by atoms with Gasteiger partial charge < -0.3 is 9.47 Å². The molecule has 1 saturated carbocycles. The minimum Gasteiger partial charge on any atom is -0.349 e. The minimum atomic E-state index is -1.38. The molecule has 2 nitrogen and oxygen atoms in total. The van der Waals surface area contributed by atoms with Crippen molar-refractivity contribution in [3.05, 3.63) is 46.0 Å². The van der Waals surface area contributed by atoms with E-state index in [0.29, 0.717) is 0 Å². The van der Waals surface area contributed by atoms with E-state index < -0.39 is 15.5 Å². The smallest absolute Gasteiger partial charge is 0.219 e. The zero-order valence-electron chi connectivity index (χ0n) is 11.7. The second-order valence-corrected chi connectivity index (χ2v) is 8.30. The third kappa shape index (κ3) is 1.67. The van der Waals surface area contributed by atoms with Crippen LogP contribution in [0.4, 0.5) is 0 Å². The Balaban J connectivity index is 2.31. The van der Waals surface area contributed by atoms with Gasteiger partial charge in [0.2, 0.25) is 5.79 Å². The van der Waals surface area contributed by atoms with E-state index in [9.17, 15) is 0 Å². The van der Waals surface area contributed by atoms with Crippen LogP contribution in [-0.4, -0.2) is 34.6 Å². The van der Waals surface area contributed by atoms with Crippen molar-refractivity contribution in [2.75, 3.05) is 14.2 Å². The van der Waals surface area contributed by atoms with E-state index in [-0.39, 0.29) is 20.8 Å². The Labute approximate surface area is 157 Å². The van der Waals surface area contributed by atoms with Gasteiger partial charge in [-0.15, -0.1) is 23.2 Å². The summed E-state index contributed by atoms with van der Waals surface area (Å²) in [7, 11) is 2.98. The van der Waals surface area contributed by atoms with E-state index in [2.05, 4.69) is 15.9 Å². The van der Waals surface area contributed by atoms with E-state index in [1.165, 1.54) is 14.2 Å². The molecule has 0 unspecified atom stereocenters. The Kier molecular flexibility index (Phi) is 4.35. The lowest BCUT2D eigenvalue weighted by atomic mass is 9.85. The van der Waals surface area contributed by atoms with Crippen molar-refractivity contribution >= 4 is 62.3 Å². The van der Waals surface area contributed by atoms with Gasteiger partial charge >= 0.3 is 0 Å². The molecule has 1 fully saturated rings. The Bertz CT molecular complexity index is 634. The van der Waals surface area contributed by atoms with E-state index in [1.807, 2.05) is 30.3 Å². The zero-order valence-corrected chi connectivity index (χ0v) is 16.4. The number of hydrogen-bond donors (Lipinski definition) is 0. The van der Waals surface area contributed by atoms with Gasteiger partial charge in [0.25, 0.3) is 0 Å². The van der Waals surface area contributed by atoms with Gasteiger partial charge in [-0.25, -0.2) is 0 Å². The number of ether oxygens (including phenoxy) is 2. The monoisotopic (exact) mass is 444 g/mol. The van der Waals surface area contributed by atoms with Crippen LogP contribution in [0.25, 0.3) is 0 Å². The average molecular weight is 447 g/mol. The molecule has 1 aromatic rings. The van der Waals surface area contributed by atoms with Gasteiger partial charge in [-0.1, -0.05) is 69.5 Å². The highest BCUT2D eigenvalue weighted by Gasteiger charge is 2.84. The van der Waals surface area contributed by atoms with Crippen molar-refractivity contribution in [2.24, 2.45) is 0 Å². The molecule has 2 aliphatic carbocycles. The van der Waals surface area contributed by atoms with Crippen LogP contribution >= 0.6 is 62.3 Å². The van der Waals surface area contributed by atoms with E-state index >= 15 is 0 Å². The molecule has 22 heavy (non-hydrogen) atoms. The van der Waals surface area contributed by atoms with E-state index in [4.69, 9.17) is 55.9 Å². The quantitative estimate of drug-likeness (QED) is 0.469. The summed E-state index contributed by atoms with van der Waals surface area (Å²) in [6.45, 7) is 0. The normalized spacial score (nSPS) is 39.6. The van der Waals surface area contributed by atoms with Gasteiger partial charge in [-0.05, 0) is 5.56 Å². The van der Waals surface area contributed by atoms with Crippen molar-refractivity contribution in [3.8, 4) is 0 Å². The van der Waals surface area contributed by atoms with E-state index in [1.54, 1.807) is 0 Å². The van der Waals surface area contributed by atoms with Gasteiger partial charge in [-0.3, -0.25) is 0 Å². The highest BCUT2D eigenvalue weighted by molar-refractivity contribution is 9.09. The molecule has 2 aliphatic rings. The third-order valence-electron chi connectivity index (χ3n) is 4.62. The summed E-state index contributed by atoms with van der Waals surface area (Å²) in [6.07, 6.45) is 0. The molecule has 0 amide bonds. The lowest BCUT2D eigenvalue weighted by Crippen LogP contribution is -2.57. The van der Waals surface area contributed by atoms with E-state index in [0.717, 1.165) is 5.56 Å². The fraction of sp³-hybridized carbons (Fsp3) is 0.467. The molecule has 1 aromatic carbocycles. The molecule has 0 radical (unpaired) electrons. The predicted molar refractivity (Wildman–Crippen MR) is 94.5 cm³/mol. The Morgan fingerprint density at radius 2 is 1.45 bits per heavy atom. The summed E-state index contributed by atoms with van der Waals surface area (Å²) in [6, 6.07) is 9.74. The summed E-state index contributed by atoms with van der Waals surface area (Å²) in [5.41, 5.74) is 0.975. The number of benzene rings is 1. The SMILES string of the molecule is COC1(OC)[C@@]2(Cl)C(Cl)=C(Cl)[C@@]1(Cl)[C@@H](c1ccccc1)[C@@H]2Br. The number of alkyl halides is 3. The number of rotatable bonds is 3. The second kappa shape index (κ2) is 5.52. The van der Waals surface area contributed by atoms with Gasteiger partial charge in [0.15, 0.2) is 4.87 Å². The largest absolute Gasteiger partial charge is 0.349 e. The highest BCUT2D eigenvalue weighted by Crippen LogP contribution is 2.75. The van der Waals surface area contributed by atoms with Crippen molar-refractivity contribution < 1.29 is 9.47 Å². The van der Waals surface area contributed by atoms with Crippen LogP contribution in [0.3, 0.4) is 0 Å². The van der Waals surface area contributed by atoms with Crippen LogP contribution in [0.2, 0.25) is 0 Å². The molecular formula is C15H13BrCl4O2. The van der Waals surface area contributed by atoms with Crippen LogP contribution in [0, 0.1) is 0 Å². The van der Waals surface area contributed by atoms with Crippen LogP contribution in [0.15, 0.2) is 40.4 Å². The van der Waals surface area contributed by atoms with Crippen molar-refractivity contribution in [1.82, 2.24) is 0 Å². The third-order valence-corrected chi connectivity index (χ3v) is 8.71.